The molecule has 0 radical (unpaired) electrons. The highest BCUT2D eigenvalue weighted by Gasteiger charge is 2.19. The predicted octanol–water partition coefficient (Wildman–Crippen LogP) is 2.65. The number of aromatic nitrogens is 1. The van der Waals surface area contributed by atoms with Gasteiger partial charge in [-0.1, -0.05) is 17.3 Å². The fraction of sp³-hybridized carbons (Fsp3) is 0.438. The van der Waals surface area contributed by atoms with E-state index in [1.54, 1.807) is 7.11 Å². The number of methoxy groups -OCH3 is 1. The van der Waals surface area contributed by atoms with Gasteiger partial charge in [0.15, 0.2) is 5.76 Å². The molecule has 3 rings (SSSR count). The summed E-state index contributed by atoms with van der Waals surface area (Å²) in [6, 6.07) is 10.7. The molecule has 0 bridgehead atoms. The monoisotopic (exact) mass is 288 g/mol. The van der Waals surface area contributed by atoms with E-state index < -0.39 is 0 Å². The summed E-state index contributed by atoms with van der Waals surface area (Å²) in [5.74, 6) is 1.56. The Morgan fingerprint density at radius 3 is 3.00 bits per heavy atom. The average molecular weight is 288 g/mol. The van der Waals surface area contributed by atoms with Gasteiger partial charge in [0.2, 0.25) is 0 Å². The Balaban J connectivity index is 1.52. The van der Waals surface area contributed by atoms with Gasteiger partial charge in [-0.2, -0.15) is 0 Å². The molecule has 5 nitrogen and oxygen atoms in total. The molecule has 1 fully saturated rings. The molecule has 1 heterocycles. The highest BCUT2D eigenvalue weighted by Crippen LogP contribution is 2.20. The Bertz CT molecular complexity index is 578. The molecular weight excluding hydrogens is 268 g/mol. The highest BCUT2D eigenvalue weighted by atomic mass is 16.5. The standard InChI is InChI=1S/C16H20N2O3/c1-19-11-16-8-14(18-21-16)10-20-15-4-2-3-12(7-15)9-17-13-5-6-13/h2-4,7-8,13,17H,5-6,9-11H2,1H3. The molecule has 2 aromatic rings. The van der Waals surface area contributed by atoms with Gasteiger partial charge in [-0.25, -0.2) is 0 Å². The minimum Gasteiger partial charge on any atom is -0.487 e. The molecule has 0 aliphatic heterocycles. The van der Waals surface area contributed by atoms with Crippen molar-refractivity contribution >= 4 is 0 Å². The molecule has 21 heavy (non-hydrogen) atoms. The van der Waals surface area contributed by atoms with Crippen LogP contribution in [0.25, 0.3) is 0 Å². The lowest BCUT2D eigenvalue weighted by Gasteiger charge is -2.07. The van der Waals surface area contributed by atoms with Gasteiger partial charge in [-0.15, -0.1) is 0 Å². The van der Waals surface area contributed by atoms with E-state index in [-0.39, 0.29) is 0 Å². The molecule has 0 spiro atoms. The molecule has 1 aliphatic rings. The fourth-order valence-corrected chi connectivity index (χ4v) is 2.09. The Labute approximate surface area is 124 Å². The zero-order chi connectivity index (χ0) is 14.5. The lowest BCUT2D eigenvalue weighted by atomic mass is 10.2. The number of hydrogen-bond acceptors (Lipinski definition) is 5. The molecule has 5 heteroatoms. The molecule has 1 N–H and O–H groups in total. The lowest BCUT2D eigenvalue weighted by molar-refractivity contribution is 0.155. The van der Waals surface area contributed by atoms with E-state index in [4.69, 9.17) is 14.0 Å². The first-order valence-corrected chi connectivity index (χ1v) is 7.22. The topological polar surface area (TPSA) is 56.5 Å². The number of ether oxygens (including phenoxy) is 2. The van der Waals surface area contributed by atoms with Crippen molar-refractivity contribution in [2.24, 2.45) is 0 Å². The second kappa shape index (κ2) is 6.74. The first-order chi connectivity index (χ1) is 10.3. The van der Waals surface area contributed by atoms with Crippen molar-refractivity contribution in [3.05, 3.63) is 47.3 Å². The van der Waals surface area contributed by atoms with Crippen molar-refractivity contribution in [1.29, 1.82) is 0 Å². The largest absolute Gasteiger partial charge is 0.487 e. The maximum absolute atomic E-state index is 5.76. The van der Waals surface area contributed by atoms with Gasteiger partial charge in [-0.05, 0) is 30.5 Å². The normalized spacial score (nSPS) is 14.3. The molecule has 1 saturated carbocycles. The van der Waals surface area contributed by atoms with Crippen LogP contribution in [0.1, 0.15) is 29.9 Å². The Morgan fingerprint density at radius 1 is 1.29 bits per heavy atom. The molecule has 0 amide bonds. The Hall–Kier alpha value is -1.85. The van der Waals surface area contributed by atoms with Crippen LogP contribution in [0.5, 0.6) is 5.75 Å². The van der Waals surface area contributed by atoms with E-state index in [0.717, 1.165) is 18.0 Å². The summed E-state index contributed by atoms with van der Waals surface area (Å²) in [4.78, 5) is 0. The minimum atomic E-state index is 0.396. The summed E-state index contributed by atoms with van der Waals surface area (Å²) in [6.07, 6.45) is 2.60. The van der Waals surface area contributed by atoms with E-state index in [1.165, 1.54) is 18.4 Å². The van der Waals surface area contributed by atoms with E-state index >= 15 is 0 Å². The van der Waals surface area contributed by atoms with Crippen LogP contribution < -0.4 is 10.1 Å². The fourth-order valence-electron chi connectivity index (χ4n) is 2.09. The van der Waals surface area contributed by atoms with Crippen LogP contribution >= 0.6 is 0 Å². The first-order valence-electron chi connectivity index (χ1n) is 7.22. The molecule has 0 unspecified atom stereocenters. The maximum Gasteiger partial charge on any atom is 0.162 e. The third-order valence-corrected chi connectivity index (χ3v) is 3.35. The van der Waals surface area contributed by atoms with Crippen LogP contribution in [-0.4, -0.2) is 18.3 Å². The van der Waals surface area contributed by atoms with Crippen LogP contribution in [0, 0.1) is 0 Å². The van der Waals surface area contributed by atoms with E-state index in [9.17, 15) is 0 Å². The average Bonchev–Trinajstić information content (AvgIpc) is 3.23. The van der Waals surface area contributed by atoms with Gasteiger partial charge < -0.3 is 19.3 Å². The van der Waals surface area contributed by atoms with Crippen LogP contribution in [0.4, 0.5) is 0 Å². The first kappa shape index (κ1) is 14.1. The zero-order valence-electron chi connectivity index (χ0n) is 12.2. The third-order valence-electron chi connectivity index (χ3n) is 3.35. The Kier molecular flexibility index (Phi) is 4.52. The lowest BCUT2D eigenvalue weighted by Crippen LogP contribution is -2.15. The molecule has 0 saturated heterocycles. The van der Waals surface area contributed by atoms with Crippen molar-refractivity contribution in [3.63, 3.8) is 0 Å². The number of nitrogens with one attached hydrogen (secondary N) is 1. The van der Waals surface area contributed by atoms with E-state index in [0.29, 0.717) is 25.0 Å². The van der Waals surface area contributed by atoms with Gasteiger partial charge in [0, 0.05) is 25.8 Å². The number of nitrogens with zero attached hydrogens (tertiary/aromatic N) is 1. The highest BCUT2D eigenvalue weighted by molar-refractivity contribution is 5.28. The van der Waals surface area contributed by atoms with Gasteiger partial charge >= 0.3 is 0 Å². The van der Waals surface area contributed by atoms with Crippen molar-refractivity contribution in [2.45, 2.75) is 38.6 Å². The van der Waals surface area contributed by atoms with Crippen LogP contribution in [0.3, 0.4) is 0 Å². The van der Waals surface area contributed by atoms with Crippen molar-refractivity contribution < 1.29 is 14.0 Å². The SMILES string of the molecule is COCc1cc(COc2cccc(CNC3CC3)c2)no1. The van der Waals surface area contributed by atoms with E-state index in [2.05, 4.69) is 22.6 Å². The summed E-state index contributed by atoms with van der Waals surface area (Å²) < 4.78 is 15.9. The summed E-state index contributed by atoms with van der Waals surface area (Å²) in [6.45, 7) is 1.71. The van der Waals surface area contributed by atoms with Crippen molar-refractivity contribution in [1.82, 2.24) is 10.5 Å². The Morgan fingerprint density at radius 2 is 2.19 bits per heavy atom. The molecular formula is C16H20N2O3. The third kappa shape index (κ3) is 4.31. The summed E-state index contributed by atoms with van der Waals surface area (Å²) in [5.41, 5.74) is 2.00. The summed E-state index contributed by atoms with van der Waals surface area (Å²) in [5, 5.41) is 7.44. The number of benzene rings is 1. The maximum atomic E-state index is 5.76. The summed E-state index contributed by atoms with van der Waals surface area (Å²) >= 11 is 0. The quantitative estimate of drug-likeness (QED) is 0.809. The van der Waals surface area contributed by atoms with Crippen LogP contribution in [0.2, 0.25) is 0 Å². The minimum absolute atomic E-state index is 0.396. The molecule has 1 aromatic heterocycles. The second-order valence-electron chi connectivity index (χ2n) is 5.31. The van der Waals surface area contributed by atoms with Gasteiger partial charge in [0.1, 0.15) is 24.7 Å². The van der Waals surface area contributed by atoms with Crippen LogP contribution in [0.15, 0.2) is 34.9 Å². The number of rotatable bonds is 8. The van der Waals surface area contributed by atoms with Gasteiger partial charge in [0.05, 0.1) is 0 Å². The zero-order valence-corrected chi connectivity index (χ0v) is 12.2. The smallest absolute Gasteiger partial charge is 0.162 e. The molecule has 1 aliphatic carbocycles. The second-order valence-corrected chi connectivity index (χ2v) is 5.31. The summed E-state index contributed by atoms with van der Waals surface area (Å²) in [7, 11) is 1.62. The molecule has 0 atom stereocenters. The van der Waals surface area contributed by atoms with Crippen LogP contribution in [-0.2, 0) is 24.5 Å². The van der Waals surface area contributed by atoms with Crippen molar-refractivity contribution in [3.8, 4) is 5.75 Å². The van der Waals surface area contributed by atoms with E-state index in [1.807, 2.05) is 18.2 Å². The molecule has 112 valence electrons. The molecule has 1 aromatic carbocycles. The van der Waals surface area contributed by atoms with Crippen molar-refractivity contribution in [2.75, 3.05) is 7.11 Å². The number of hydrogen-bond donors (Lipinski definition) is 1. The van der Waals surface area contributed by atoms with Gasteiger partial charge in [0.25, 0.3) is 0 Å². The van der Waals surface area contributed by atoms with Gasteiger partial charge in [-0.3, -0.25) is 0 Å². The predicted molar refractivity (Wildman–Crippen MR) is 77.9 cm³/mol.